The van der Waals surface area contributed by atoms with Gasteiger partial charge in [0.25, 0.3) is 0 Å². The Balaban J connectivity index is 1.82. The van der Waals surface area contributed by atoms with E-state index < -0.39 is 0 Å². The van der Waals surface area contributed by atoms with Gasteiger partial charge in [-0.2, -0.15) is 0 Å². The largest absolute Gasteiger partial charge is 0.497 e. The zero-order chi connectivity index (χ0) is 13.9. The number of Topliss-reactive ketones (excluding diaryl/α,β-unsaturated/α-hetero) is 1. The lowest BCUT2D eigenvalue weighted by atomic mass is 9.95. The summed E-state index contributed by atoms with van der Waals surface area (Å²) in [6, 6.07) is 11.9. The van der Waals surface area contributed by atoms with E-state index in [-0.39, 0.29) is 5.78 Å². The Morgan fingerprint density at radius 3 is 2.55 bits per heavy atom. The fraction of sp³-hybridized carbons (Fsp3) is 0.389. The Hall–Kier alpha value is -1.83. The number of methoxy groups -OCH3 is 1. The fourth-order valence-corrected chi connectivity index (χ4v) is 3.12. The van der Waals surface area contributed by atoms with Crippen LogP contribution in [0, 0.1) is 5.92 Å². The summed E-state index contributed by atoms with van der Waals surface area (Å²) in [5.41, 5.74) is 0.842. The first-order valence-corrected chi connectivity index (χ1v) is 7.37. The van der Waals surface area contributed by atoms with Crippen molar-refractivity contribution in [2.45, 2.75) is 32.1 Å². The van der Waals surface area contributed by atoms with Crippen LogP contribution in [0.5, 0.6) is 5.75 Å². The standard InChI is InChI=1S/C18H20O2/c1-20-17-9-8-14-11-16(7-6-15(14)12-17)18(19)10-13-4-2-3-5-13/h6-9,11-13H,2-5,10H2,1H3. The molecule has 1 saturated carbocycles. The maximum Gasteiger partial charge on any atom is 0.163 e. The Kier molecular flexibility index (Phi) is 3.72. The van der Waals surface area contributed by atoms with Gasteiger partial charge in [-0.05, 0) is 34.9 Å². The molecule has 20 heavy (non-hydrogen) atoms. The molecule has 2 heteroatoms. The molecule has 0 unspecified atom stereocenters. The molecule has 0 spiro atoms. The molecule has 3 rings (SSSR count). The smallest absolute Gasteiger partial charge is 0.163 e. The van der Waals surface area contributed by atoms with Crippen LogP contribution in [0.4, 0.5) is 0 Å². The van der Waals surface area contributed by atoms with Crippen molar-refractivity contribution in [3.8, 4) is 5.75 Å². The number of hydrogen-bond acceptors (Lipinski definition) is 2. The Bertz CT molecular complexity index is 624. The van der Waals surface area contributed by atoms with E-state index in [9.17, 15) is 4.79 Å². The number of rotatable bonds is 4. The fourth-order valence-electron chi connectivity index (χ4n) is 3.12. The van der Waals surface area contributed by atoms with Crippen LogP contribution in [-0.4, -0.2) is 12.9 Å². The molecule has 0 saturated heterocycles. The maximum absolute atomic E-state index is 12.3. The SMILES string of the molecule is COc1ccc2cc(C(=O)CC3CCCC3)ccc2c1. The summed E-state index contributed by atoms with van der Waals surface area (Å²) in [5.74, 6) is 1.74. The third-order valence-electron chi connectivity index (χ3n) is 4.32. The molecule has 2 nitrogen and oxygen atoms in total. The molecule has 0 aliphatic heterocycles. The zero-order valence-corrected chi connectivity index (χ0v) is 11.9. The summed E-state index contributed by atoms with van der Waals surface area (Å²) in [7, 11) is 1.67. The van der Waals surface area contributed by atoms with Crippen LogP contribution in [0.25, 0.3) is 10.8 Å². The van der Waals surface area contributed by atoms with Crippen LogP contribution in [0.1, 0.15) is 42.5 Å². The molecule has 0 bridgehead atoms. The Morgan fingerprint density at radius 2 is 1.80 bits per heavy atom. The van der Waals surface area contributed by atoms with Gasteiger partial charge in [-0.15, -0.1) is 0 Å². The first-order valence-electron chi connectivity index (χ1n) is 7.37. The van der Waals surface area contributed by atoms with Crippen molar-refractivity contribution in [1.82, 2.24) is 0 Å². The van der Waals surface area contributed by atoms with Crippen LogP contribution in [-0.2, 0) is 0 Å². The molecule has 1 aliphatic rings. The monoisotopic (exact) mass is 268 g/mol. The summed E-state index contributed by atoms with van der Waals surface area (Å²) in [4.78, 5) is 12.3. The van der Waals surface area contributed by atoms with Crippen molar-refractivity contribution >= 4 is 16.6 Å². The van der Waals surface area contributed by atoms with Gasteiger partial charge in [0.05, 0.1) is 7.11 Å². The van der Waals surface area contributed by atoms with Crippen molar-refractivity contribution in [3.63, 3.8) is 0 Å². The molecule has 0 heterocycles. The lowest BCUT2D eigenvalue weighted by Crippen LogP contribution is -2.05. The van der Waals surface area contributed by atoms with Crippen molar-refractivity contribution in [2.75, 3.05) is 7.11 Å². The maximum atomic E-state index is 12.3. The number of ketones is 1. The van der Waals surface area contributed by atoms with Gasteiger partial charge in [0.2, 0.25) is 0 Å². The van der Waals surface area contributed by atoms with Gasteiger partial charge in [-0.1, -0.05) is 43.9 Å². The van der Waals surface area contributed by atoms with Crippen molar-refractivity contribution in [2.24, 2.45) is 5.92 Å². The molecule has 0 atom stereocenters. The van der Waals surface area contributed by atoms with Crippen LogP contribution >= 0.6 is 0 Å². The van der Waals surface area contributed by atoms with Gasteiger partial charge in [0, 0.05) is 12.0 Å². The average Bonchev–Trinajstić information content (AvgIpc) is 2.99. The highest BCUT2D eigenvalue weighted by atomic mass is 16.5. The number of benzene rings is 2. The van der Waals surface area contributed by atoms with Gasteiger partial charge < -0.3 is 4.74 Å². The van der Waals surface area contributed by atoms with E-state index in [4.69, 9.17) is 4.74 Å². The third-order valence-corrected chi connectivity index (χ3v) is 4.32. The van der Waals surface area contributed by atoms with Crippen molar-refractivity contribution < 1.29 is 9.53 Å². The minimum atomic E-state index is 0.287. The van der Waals surface area contributed by atoms with E-state index >= 15 is 0 Å². The normalized spacial score (nSPS) is 15.7. The molecule has 104 valence electrons. The van der Waals surface area contributed by atoms with Gasteiger partial charge >= 0.3 is 0 Å². The average molecular weight is 268 g/mol. The summed E-state index contributed by atoms with van der Waals surface area (Å²) in [5, 5.41) is 2.21. The predicted octanol–water partition coefficient (Wildman–Crippen LogP) is 4.61. The Morgan fingerprint density at radius 1 is 1.10 bits per heavy atom. The highest BCUT2D eigenvalue weighted by Crippen LogP contribution is 2.29. The number of carbonyl (C=O) groups excluding carboxylic acids is 1. The number of hydrogen-bond donors (Lipinski definition) is 0. The second kappa shape index (κ2) is 5.66. The molecule has 0 N–H and O–H groups in total. The summed E-state index contributed by atoms with van der Waals surface area (Å²) >= 11 is 0. The highest BCUT2D eigenvalue weighted by molar-refractivity contribution is 6.00. The minimum Gasteiger partial charge on any atom is -0.497 e. The predicted molar refractivity (Wildman–Crippen MR) is 81.4 cm³/mol. The molecule has 0 aromatic heterocycles. The van der Waals surface area contributed by atoms with Crippen LogP contribution < -0.4 is 4.74 Å². The molecule has 1 fully saturated rings. The van der Waals surface area contributed by atoms with E-state index in [2.05, 4.69) is 0 Å². The molecule has 1 aliphatic carbocycles. The van der Waals surface area contributed by atoms with Gasteiger partial charge in [0.15, 0.2) is 5.78 Å². The lowest BCUT2D eigenvalue weighted by Gasteiger charge is -2.09. The third kappa shape index (κ3) is 2.69. The molecule has 0 amide bonds. The molecule has 2 aromatic carbocycles. The summed E-state index contributed by atoms with van der Waals surface area (Å²) in [6.07, 6.45) is 5.72. The van der Waals surface area contributed by atoms with E-state index in [0.29, 0.717) is 12.3 Å². The number of fused-ring (bicyclic) bond motifs is 1. The van der Waals surface area contributed by atoms with Gasteiger partial charge in [-0.25, -0.2) is 0 Å². The second-order valence-corrected chi connectivity index (χ2v) is 5.71. The number of ether oxygens (including phenoxy) is 1. The topological polar surface area (TPSA) is 26.3 Å². The van der Waals surface area contributed by atoms with Crippen LogP contribution in [0.2, 0.25) is 0 Å². The van der Waals surface area contributed by atoms with Crippen molar-refractivity contribution in [3.05, 3.63) is 42.0 Å². The van der Waals surface area contributed by atoms with Gasteiger partial charge in [-0.3, -0.25) is 4.79 Å². The lowest BCUT2D eigenvalue weighted by molar-refractivity contribution is 0.0962. The van der Waals surface area contributed by atoms with E-state index in [1.54, 1.807) is 7.11 Å². The van der Waals surface area contributed by atoms with E-state index in [0.717, 1.165) is 22.1 Å². The molecule has 2 aromatic rings. The highest BCUT2D eigenvalue weighted by Gasteiger charge is 2.19. The number of carbonyl (C=O) groups is 1. The summed E-state index contributed by atoms with van der Waals surface area (Å²) in [6.45, 7) is 0. The van der Waals surface area contributed by atoms with Crippen LogP contribution in [0.15, 0.2) is 36.4 Å². The first-order chi connectivity index (χ1) is 9.76. The van der Waals surface area contributed by atoms with E-state index in [1.807, 2.05) is 36.4 Å². The molecular weight excluding hydrogens is 248 g/mol. The quantitative estimate of drug-likeness (QED) is 0.757. The second-order valence-electron chi connectivity index (χ2n) is 5.71. The minimum absolute atomic E-state index is 0.287. The molecular formula is C18H20O2. The summed E-state index contributed by atoms with van der Waals surface area (Å²) < 4.78 is 5.22. The zero-order valence-electron chi connectivity index (χ0n) is 11.9. The Labute approximate surface area is 119 Å². The van der Waals surface area contributed by atoms with Crippen molar-refractivity contribution in [1.29, 1.82) is 0 Å². The van der Waals surface area contributed by atoms with Crippen LogP contribution in [0.3, 0.4) is 0 Å². The first kappa shape index (κ1) is 13.2. The molecule has 0 radical (unpaired) electrons. The van der Waals surface area contributed by atoms with E-state index in [1.165, 1.54) is 25.7 Å². The van der Waals surface area contributed by atoms with Gasteiger partial charge in [0.1, 0.15) is 5.75 Å².